The molecule has 0 bridgehead atoms. The van der Waals surface area contributed by atoms with E-state index in [1.807, 2.05) is 11.0 Å². The van der Waals surface area contributed by atoms with Crippen molar-refractivity contribution >= 4 is 5.95 Å². The van der Waals surface area contributed by atoms with Gasteiger partial charge in [-0.3, -0.25) is 4.39 Å². The normalized spacial score (nSPS) is 23.4. The topological polar surface area (TPSA) is 52.8 Å². The monoisotopic (exact) mass is 248 g/mol. The Bertz CT molecular complexity index is 437. The lowest BCUT2D eigenvalue weighted by atomic mass is 9.87. The summed E-state index contributed by atoms with van der Waals surface area (Å²) in [6.45, 7) is 5.39. The van der Waals surface area contributed by atoms with Crippen LogP contribution >= 0.6 is 0 Å². The number of rotatable bonds is 3. The van der Waals surface area contributed by atoms with Crippen LogP contribution in [0.3, 0.4) is 0 Å². The Morgan fingerprint density at radius 2 is 2.11 bits per heavy atom. The van der Waals surface area contributed by atoms with Crippen LogP contribution in [-0.2, 0) is 0 Å². The number of nitrogens with zero attached hydrogens (tertiary/aromatic N) is 4. The number of hydrogen-bond acceptors (Lipinski definition) is 4. The second kappa shape index (κ2) is 5.30. The summed E-state index contributed by atoms with van der Waals surface area (Å²) in [5.41, 5.74) is 0.445. The van der Waals surface area contributed by atoms with E-state index < -0.39 is 0 Å². The van der Waals surface area contributed by atoms with Gasteiger partial charge in [0.05, 0.1) is 24.6 Å². The number of alkyl halides is 1. The highest BCUT2D eigenvalue weighted by molar-refractivity contribution is 5.35. The molecule has 18 heavy (non-hydrogen) atoms. The number of halogens is 1. The lowest BCUT2D eigenvalue weighted by Gasteiger charge is -2.19. The molecule has 2 atom stereocenters. The second-order valence-electron chi connectivity index (χ2n) is 5.11. The van der Waals surface area contributed by atoms with E-state index in [2.05, 4.69) is 23.8 Å². The SMILES string of the molecule is CC(C)C1CN(c2ncc(C#N)cn2)C[C@@H]1CF. The second-order valence-corrected chi connectivity index (χ2v) is 5.11. The molecule has 0 spiro atoms. The Labute approximate surface area is 106 Å². The van der Waals surface area contributed by atoms with Crippen LogP contribution in [0.25, 0.3) is 0 Å². The molecular formula is C13H17FN4. The summed E-state index contributed by atoms with van der Waals surface area (Å²) in [5.74, 6) is 1.45. The minimum Gasteiger partial charge on any atom is -0.340 e. The zero-order valence-corrected chi connectivity index (χ0v) is 10.7. The van der Waals surface area contributed by atoms with Crippen LogP contribution < -0.4 is 4.90 Å². The van der Waals surface area contributed by atoms with Crippen LogP contribution in [0.2, 0.25) is 0 Å². The Morgan fingerprint density at radius 3 is 2.56 bits per heavy atom. The van der Waals surface area contributed by atoms with Gasteiger partial charge in [-0.05, 0) is 11.8 Å². The first kappa shape index (κ1) is 12.7. The van der Waals surface area contributed by atoms with Crippen molar-refractivity contribution in [3.05, 3.63) is 18.0 Å². The van der Waals surface area contributed by atoms with Crippen LogP contribution in [-0.4, -0.2) is 29.7 Å². The molecule has 1 aliphatic rings. The first-order valence-electron chi connectivity index (χ1n) is 6.18. The molecule has 0 aliphatic carbocycles. The number of aromatic nitrogens is 2. The molecule has 2 rings (SSSR count). The maximum absolute atomic E-state index is 13.0. The van der Waals surface area contributed by atoms with E-state index in [-0.39, 0.29) is 12.6 Å². The molecule has 0 N–H and O–H groups in total. The van der Waals surface area contributed by atoms with Gasteiger partial charge in [0, 0.05) is 19.0 Å². The zero-order chi connectivity index (χ0) is 13.1. The number of anilines is 1. The molecule has 1 saturated heterocycles. The maximum atomic E-state index is 13.0. The summed E-state index contributed by atoms with van der Waals surface area (Å²) in [6.07, 6.45) is 3.02. The van der Waals surface area contributed by atoms with Gasteiger partial charge in [0.2, 0.25) is 5.95 Å². The molecule has 0 radical (unpaired) electrons. The van der Waals surface area contributed by atoms with Gasteiger partial charge in [-0.2, -0.15) is 5.26 Å². The van der Waals surface area contributed by atoms with E-state index in [4.69, 9.17) is 5.26 Å². The summed E-state index contributed by atoms with van der Waals surface area (Å²) >= 11 is 0. The minimum absolute atomic E-state index is 0.0595. The van der Waals surface area contributed by atoms with Gasteiger partial charge in [-0.1, -0.05) is 13.8 Å². The Hall–Kier alpha value is -1.70. The molecule has 0 aromatic carbocycles. The number of nitriles is 1. The number of hydrogen-bond donors (Lipinski definition) is 0. The van der Waals surface area contributed by atoms with E-state index in [1.165, 1.54) is 12.4 Å². The fraction of sp³-hybridized carbons (Fsp3) is 0.615. The largest absolute Gasteiger partial charge is 0.340 e. The predicted octanol–water partition coefficient (Wildman–Crippen LogP) is 2.03. The molecule has 0 amide bonds. The van der Waals surface area contributed by atoms with Crippen molar-refractivity contribution < 1.29 is 4.39 Å². The molecule has 1 aliphatic heterocycles. The highest BCUT2D eigenvalue weighted by atomic mass is 19.1. The third kappa shape index (κ3) is 2.42. The van der Waals surface area contributed by atoms with Gasteiger partial charge in [-0.15, -0.1) is 0 Å². The van der Waals surface area contributed by atoms with Crippen molar-refractivity contribution in [3.8, 4) is 6.07 Å². The first-order chi connectivity index (χ1) is 8.65. The molecular weight excluding hydrogens is 231 g/mol. The lowest BCUT2D eigenvalue weighted by Crippen LogP contribution is -2.23. The summed E-state index contributed by atoms with van der Waals surface area (Å²) in [6, 6.07) is 1.99. The maximum Gasteiger partial charge on any atom is 0.225 e. The van der Waals surface area contributed by atoms with Crippen LogP contribution in [0.15, 0.2) is 12.4 Å². The van der Waals surface area contributed by atoms with Crippen molar-refractivity contribution in [2.45, 2.75) is 13.8 Å². The Balaban J connectivity index is 2.13. The van der Waals surface area contributed by atoms with Crippen LogP contribution in [0, 0.1) is 29.1 Å². The molecule has 0 saturated carbocycles. The summed E-state index contributed by atoms with van der Waals surface area (Å²) < 4.78 is 13.0. The van der Waals surface area contributed by atoms with Gasteiger partial charge in [-0.25, -0.2) is 9.97 Å². The predicted molar refractivity (Wildman–Crippen MR) is 66.8 cm³/mol. The fourth-order valence-electron chi connectivity index (χ4n) is 2.52. The van der Waals surface area contributed by atoms with Gasteiger partial charge in [0.15, 0.2) is 0 Å². The average Bonchev–Trinajstić information content (AvgIpc) is 2.83. The highest BCUT2D eigenvalue weighted by Gasteiger charge is 2.35. The first-order valence-corrected chi connectivity index (χ1v) is 6.18. The summed E-state index contributed by atoms with van der Waals surface area (Å²) in [7, 11) is 0. The average molecular weight is 248 g/mol. The Morgan fingerprint density at radius 1 is 1.44 bits per heavy atom. The summed E-state index contributed by atoms with van der Waals surface area (Å²) in [4.78, 5) is 10.3. The van der Waals surface area contributed by atoms with Gasteiger partial charge >= 0.3 is 0 Å². The zero-order valence-electron chi connectivity index (χ0n) is 10.7. The molecule has 1 fully saturated rings. The molecule has 5 heteroatoms. The highest BCUT2D eigenvalue weighted by Crippen LogP contribution is 2.31. The van der Waals surface area contributed by atoms with Crippen molar-refractivity contribution in [2.75, 3.05) is 24.7 Å². The molecule has 1 aromatic heterocycles. The van der Waals surface area contributed by atoms with E-state index in [0.29, 0.717) is 29.9 Å². The van der Waals surface area contributed by atoms with Gasteiger partial charge < -0.3 is 4.90 Å². The van der Waals surface area contributed by atoms with Crippen molar-refractivity contribution in [2.24, 2.45) is 17.8 Å². The smallest absolute Gasteiger partial charge is 0.225 e. The quantitative estimate of drug-likeness (QED) is 0.821. The lowest BCUT2D eigenvalue weighted by molar-refractivity contribution is 0.261. The van der Waals surface area contributed by atoms with Crippen LogP contribution in [0.1, 0.15) is 19.4 Å². The van der Waals surface area contributed by atoms with Crippen LogP contribution in [0.5, 0.6) is 0 Å². The third-order valence-electron chi connectivity index (χ3n) is 3.60. The third-order valence-corrected chi connectivity index (χ3v) is 3.60. The fourth-order valence-corrected chi connectivity index (χ4v) is 2.52. The Kier molecular flexibility index (Phi) is 3.75. The molecule has 1 aromatic rings. The van der Waals surface area contributed by atoms with E-state index >= 15 is 0 Å². The van der Waals surface area contributed by atoms with Gasteiger partial charge in [0.25, 0.3) is 0 Å². The standard InChI is InChI=1S/C13H17FN4/c1-9(2)12-8-18(7-11(12)3-14)13-16-5-10(4-15)6-17-13/h5-6,9,11-12H,3,7-8H2,1-2H3/t11-,12?/m0/s1. The van der Waals surface area contributed by atoms with Crippen molar-refractivity contribution in [1.82, 2.24) is 9.97 Å². The molecule has 96 valence electrons. The van der Waals surface area contributed by atoms with Gasteiger partial charge in [0.1, 0.15) is 6.07 Å². The van der Waals surface area contributed by atoms with E-state index in [1.54, 1.807) is 0 Å². The molecule has 1 unspecified atom stereocenters. The summed E-state index contributed by atoms with van der Waals surface area (Å²) in [5, 5.41) is 8.70. The van der Waals surface area contributed by atoms with E-state index in [9.17, 15) is 4.39 Å². The molecule has 2 heterocycles. The van der Waals surface area contributed by atoms with Crippen molar-refractivity contribution in [1.29, 1.82) is 5.26 Å². The van der Waals surface area contributed by atoms with Crippen LogP contribution in [0.4, 0.5) is 10.3 Å². The molecule has 4 nitrogen and oxygen atoms in total. The minimum atomic E-state index is -0.296. The van der Waals surface area contributed by atoms with Crippen molar-refractivity contribution in [3.63, 3.8) is 0 Å². The van der Waals surface area contributed by atoms with E-state index in [0.717, 1.165) is 6.54 Å².